The second-order valence-electron chi connectivity index (χ2n) is 6.25. The van der Waals surface area contributed by atoms with Crippen LogP contribution in [0.25, 0.3) is 0 Å². The quantitative estimate of drug-likeness (QED) is 0.532. The summed E-state index contributed by atoms with van der Waals surface area (Å²) in [5.41, 5.74) is 0.682. The van der Waals surface area contributed by atoms with Gasteiger partial charge in [-0.1, -0.05) is 18.2 Å². The molecule has 0 aliphatic rings. The van der Waals surface area contributed by atoms with Crippen LogP contribution in [0.2, 0.25) is 0 Å². The molecule has 0 heterocycles. The molecule has 8 nitrogen and oxygen atoms in total. The lowest BCUT2D eigenvalue weighted by molar-refractivity contribution is -0.385. The van der Waals surface area contributed by atoms with E-state index in [0.717, 1.165) is 16.6 Å². The SMILES string of the molecule is Cc1ccc([N+](=O)[O-])cc1S(=O)(=O)N(C)C(C)c1ccc(S(C)(=O)=O)cc1. The maximum atomic E-state index is 13.0. The molecule has 0 aliphatic carbocycles. The van der Waals surface area contributed by atoms with Crippen LogP contribution in [0.5, 0.6) is 0 Å². The highest BCUT2D eigenvalue weighted by molar-refractivity contribution is 7.90. The minimum absolute atomic E-state index is 0.137. The molecule has 27 heavy (non-hydrogen) atoms. The Morgan fingerprint density at radius 1 is 1.04 bits per heavy atom. The van der Waals surface area contributed by atoms with Crippen LogP contribution < -0.4 is 0 Å². The van der Waals surface area contributed by atoms with E-state index < -0.39 is 30.8 Å². The van der Waals surface area contributed by atoms with Crippen LogP contribution in [0.4, 0.5) is 5.69 Å². The van der Waals surface area contributed by atoms with Crippen LogP contribution in [-0.4, -0.2) is 39.4 Å². The van der Waals surface area contributed by atoms with Crippen molar-refractivity contribution in [1.82, 2.24) is 4.31 Å². The van der Waals surface area contributed by atoms with Crippen LogP contribution >= 0.6 is 0 Å². The van der Waals surface area contributed by atoms with Crippen molar-refractivity contribution in [3.05, 3.63) is 63.7 Å². The van der Waals surface area contributed by atoms with Crippen molar-refractivity contribution < 1.29 is 21.8 Å². The molecule has 0 aromatic heterocycles. The van der Waals surface area contributed by atoms with Gasteiger partial charge in [0.15, 0.2) is 9.84 Å². The van der Waals surface area contributed by atoms with E-state index in [1.807, 2.05) is 0 Å². The van der Waals surface area contributed by atoms with Gasteiger partial charge in [0.2, 0.25) is 10.0 Å². The molecule has 146 valence electrons. The Hall–Kier alpha value is -2.30. The van der Waals surface area contributed by atoms with Gasteiger partial charge in [-0.25, -0.2) is 16.8 Å². The smallest absolute Gasteiger partial charge is 0.258 e. The first-order valence-electron chi connectivity index (χ1n) is 7.89. The first-order valence-corrected chi connectivity index (χ1v) is 11.2. The number of hydrogen-bond donors (Lipinski definition) is 0. The average molecular weight is 412 g/mol. The van der Waals surface area contributed by atoms with E-state index in [2.05, 4.69) is 0 Å². The van der Waals surface area contributed by atoms with E-state index >= 15 is 0 Å². The molecule has 2 aromatic rings. The van der Waals surface area contributed by atoms with Crippen LogP contribution in [0.3, 0.4) is 0 Å². The van der Waals surface area contributed by atoms with Gasteiger partial charge in [-0.05, 0) is 37.1 Å². The number of hydrogen-bond acceptors (Lipinski definition) is 6. The summed E-state index contributed by atoms with van der Waals surface area (Å²) < 4.78 is 50.2. The van der Waals surface area contributed by atoms with Crippen molar-refractivity contribution in [3.63, 3.8) is 0 Å². The fourth-order valence-corrected chi connectivity index (χ4v) is 4.77. The highest BCUT2D eigenvalue weighted by atomic mass is 32.2. The van der Waals surface area contributed by atoms with Gasteiger partial charge < -0.3 is 0 Å². The molecule has 2 aromatic carbocycles. The zero-order valence-corrected chi connectivity index (χ0v) is 16.9. The molecular weight excluding hydrogens is 392 g/mol. The molecule has 0 saturated heterocycles. The van der Waals surface area contributed by atoms with Crippen LogP contribution in [0, 0.1) is 17.0 Å². The van der Waals surface area contributed by atoms with E-state index in [1.54, 1.807) is 26.0 Å². The Morgan fingerprint density at radius 3 is 2.07 bits per heavy atom. The molecule has 1 atom stereocenters. The van der Waals surface area contributed by atoms with Gasteiger partial charge in [0, 0.05) is 31.5 Å². The highest BCUT2D eigenvalue weighted by Gasteiger charge is 2.29. The highest BCUT2D eigenvalue weighted by Crippen LogP contribution is 2.30. The Bertz CT molecular complexity index is 1080. The number of aryl methyl sites for hydroxylation is 1. The number of sulfonamides is 1. The maximum absolute atomic E-state index is 13.0. The molecule has 0 radical (unpaired) electrons. The molecule has 1 unspecified atom stereocenters. The number of sulfone groups is 1. The number of nitro benzene ring substituents is 1. The fourth-order valence-electron chi connectivity index (χ4n) is 2.55. The van der Waals surface area contributed by atoms with E-state index in [0.29, 0.717) is 11.1 Å². The number of nitro groups is 1. The zero-order chi connectivity index (χ0) is 20.6. The minimum atomic E-state index is -4.00. The molecule has 0 saturated carbocycles. The lowest BCUT2D eigenvalue weighted by Crippen LogP contribution is -2.30. The molecule has 10 heteroatoms. The van der Waals surface area contributed by atoms with Crippen molar-refractivity contribution in [2.45, 2.75) is 29.7 Å². The second-order valence-corrected chi connectivity index (χ2v) is 10.2. The van der Waals surface area contributed by atoms with E-state index in [-0.39, 0.29) is 15.5 Å². The van der Waals surface area contributed by atoms with Crippen molar-refractivity contribution in [2.75, 3.05) is 13.3 Å². The van der Waals surface area contributed by atoms with E-state index in [4.69, 9.17) is 0 Å². The summed E-state index contributed by atoms with van der Waals surface area (Å²) in [7, 11) is -5.97. The summed E-state index contributed by atoms with van der Waals surface area (Å²) in [6, 6.07) is 9.01. The summed E-state index contributed by atoms with van der Waals surface area (Å²) in [6.45, 7) is 3.22. The van der Waals surface area contributed by atoms with Crippen molar-refractivity contribution in [3.8, 4) is 0 Å². The van der Waals surface area contributed by atoms with Crippen molar-refractivity contribution in [1.29, 1.82) is 0 Å². The van der Waals surface area contributed by atoms with Gasteiger partial charge in [0.25, 0.3) is 5.69 Å². The Morgan fingerprint density at radius 2 is 1.59 bits per heavy atom. The number of benzene rings is 2. The summed E-state index contributed by atoms with van der Waals surface area (Å²) in [6.07, 6.45) is 1.09. The maximum Gasteiger partial charge on any atom is 0.270 e. The monoisotopic (exact) mass is 412 g/mol. The van der Waals surface area contributed by atoms with Gasteiger partial charge in [0.1, 0.15) is 0 Å². The summed E-state index contributed by atoms with van der Waals surface area (Å²) >= 11 is 0. The van der Waals surface area contributed by atoms with Crippen molar-refractivity contribution in [2.24, 2.45) is 0 Å². The Balaban J connectivity index is 2.42. The third-order valence-electron chi connectivity index (χ3n) is 4.38. The molecule has 2 rings (SSSR count). The molecule has 0 fully saturated rings. The lowest BCUT2D eigenvalue weighted by Gasteiger charge is -2.25. The summed E-state index contributed by atoms with van der Waals surface area (Å²) in [4.78, 5) is 10.3. The Kier molecular flexibility index (Phi) is 5.74. The standard InChI is InChI=1S/C17H20N2O6S2/c1-12-5-8-15(19(20)21)11-17(12)27(24,25)18(3)13(2)14-6-9-16(10-7-14)26(4,22)23/h5-11,13H,1-4H3. The minimum Gasteiger partial charge on any atom is -0.258 e. The predicted molar refractivity (Wildman–Crippen MR) is 101 cm³/mol. The topological polar surface area (TPSA) is 115 Å². The fraction of sp³-hybridized carbons (Fsp3) is 0.294. The number of rotatable bonds is 6. The van der Waals surface area contributed by atoms with E-state index in [1.165, 1.54) is 31.3 Å². The van der Waals surface area contributed by atoms with Gasteiger partial charge in [0.05, 0.1) is 14.7 Å². The number of nitrogens with zero attached hydrogens (tertiary/aromatic N) is 2. The van der Waals surface area contributed by atoms with E-state index in [9.17, 15) is 26.9 Å². The average Bonchev–Trinajstić information content (AvgIpc) is 2.59. The largest absolute Gasteiger partial charge is 0.270 e. The molecular formula is C17H20N2O6S2. The molecule has 0 aliphatic heterocycles. The molecule has 0 amide bonds. The van der Waals surface area contributed by atoms with Gasteiger partial charge in [-0.2, -0.15) is 4.31 Å². The second kappa shape index (κ2) is 7.37. The normalized spacial score (nSPS) is 13.5. The molecule has 0 bridgehead atoms. The first kappa shape index (κ1) is 21.0. The summed E-state index contributed by atoms with van der Waals surface area (Å²) in [5.74, 6) is 0. The lowest BCUT2D eigenvalue weighted by atomic mass is 10.1. The zero-order valence-electron chi connectivity index (χ0n) is 15.3. The third-order valence-corrected chi connectivity index (χ3v) is 7.57. The third kappa shape index (κ3) is 4.34. The van der Waals surface area contributed by atoms with Gasteiger partial charge in [-0.3, -0.25) is 10.1 Å². The van der Waals surface area contributed by atoms with Crippen LogP contribution in [0.15, 0.2) is 52.3 Å². The summed E-state index contributed by atoms with van der Waals surface area (Å²) in [5, 5.41) is 11.0. The first-order chi connectivity index (χ1) is 12.4. The van der Waals surface area contributed by atoms with Crippen LogP contribution in [-0.2, 0) is 19.9 Å². The molecule has 0 spiro atoms. The Labute approximate surface area is 158 Å². The molecule has 0 N–H and O–H groups in total. The predicted octanol–water partition coefficient (Wildman–Crippen LogP) is 2.69. The van der Waals surface area contributed by atoms with Gasteiger partial charge >= 0.3 is 0 Å². The van der Waals surface area contributed by atoms with Gasteiger partial charge in [-0.15, -0.1) is 0 Å². The van der Waals surface area contributed by atoms with Crippen LogP contribution in [0.1, 0.15) is 24.1 Å². The van der Waals surface area contributed by atoms with Crippen molar-refractivity contribution >= 4 is 25.5 Å². The number of non-ortho nitro benzene ring substituents is 1.